The number of hydrogen-bond donors (Lipinski definition) is 0. The van der Waals surface area contributed by atoms with E-state index in [0.717, 1.165) is 11.8 Å². The zero-order valence-electron chi connectivity index (χ0n) is 6.07. The van der Waals surface area contributed by atoms with E-state index in [4.69, 9.17) is 0 Å². The molecule has 0 N–H and O–H groups in total. The van der Waals surface area contributed by atoms with Crippen molar-refractivity contribution in [2.45, 2.75) is 32.6 Å². The summed E-state index contributed by atoms with van der Waals surface area (Å²) in [6.45, 7) is 2.37. The Morgan fingerprint density at radius 2 is 2.22 bits per heavy atom. The van der Waals surface area contributed by atoms with Crippen LogP contribution in [0.25, 0.3) is 0 Å². The minimum Gasteiger partial charge on any atom is -0.0925 e. The van der Waals surface area contributed by atoms with Crippen molar-refractivity contribution in [1.29, 1.82) is 0 Å². The van der Waals surface area contributed by atoms with Gasteiger partial charge in [-0.1, -0.05) is 35.7 Å². The third kappa shape index (κ3) is 2.29. The molecule has 1 fully saturated rings. The second-order valence-corrected chi connectivity index (χ2v) is 3.94. The second kappa shape index (κ2) is 3.60. The summed E-state index contributed by atoms with van der Waals surface area (Å²) < 4.78 is 0. The Balaban J connectivity index is 2.23. The van der Waals surface area contributed by atoms with Crippen LogP contribution in [-0.2, 0) is 0 Å². The molecule has 0 saturated heterocycles. The van der Waals surface area contributed by atoms with Gasteiger partial charge >= 0.3 is 0 Å². The quantitative estimate of drug-likeness (QED) is 0.558. The van der Waals surface area contributed by atoms with Gasteiger partial charge in [0, 0.05) is 5.33 Å². The van der Waals surface area contributed by atoms with Gasteiger partial charge in [-0.3, -0.25) is 0 Å². The van der Waals surface area contributed by atoms with Crippen molar-refractivity contribution in [2.24, 2.45) is 11.8 Å². The van der Waals surface area contributed by atoms with Crippen molar-refractivity contribution in [2.75, 3.05) is 5.33 Å². The molecule has 54 valence electrons. The molecule has 0 aromatic rings. The number of alkyl halides is 1. The fraction of sp³-hybridized carbons (Fsp3) is 1.00. The molecule has 9 heavy (non-hydrogen) atoms. The van der Waals surface area contributed by atoms with Crippen molar-refractivity contribution in [1.82, 2.24) is 0 Å². The molecule has 0 aromatic carbocycles. The highest BCUT2D eigenvalue weighted by atomic mass is 79.9. The van der Waals surface area contributed by atoms with Crippen molar-refractivity contribution in [3.8, 4) is 0 Å². The summed E-state index contributed by atoms with van der Waals surface area (Å²) in [5, 5.41) is 1.22. The zero-order chi connectivity index (χ0) is 6.69. The minimum atomic E-state index is 0.980. The number of halogens is 1. The van der Waals surface area contributed by atoms with E-state index in [-0.39, 0.29) is 0 Å². The van der Waals surface area contributed by atoms with Crippen LogP contribution in [0.1, 0.15) is 32.6 Å². The average molecular weight is 191 g/mol. The highest BCUT2D eigenvalue weighted by Gasteiger charge is 2.16. The fourth-order valence-electron chi connectivity index (χ4n) is 1.70. The van der Waals surface area contributed by atoms with Gasteiger partial charge in [-0.15, -0.1) is 0 Å². The summed E-state index contributed by atoms with van der Waals surface area (Å²) >= 11 is 3.54. The van der Waals surface area contributed by atoms with Crippen molar-refractivity contribution < 1.29 is 0 Å². The standard InChI is InChI=1S/C8H15Br/c1-7-3-2-4-8(5-7)6-9/h7-8H,2-6H2,1H3/t7-,8-/m1/s1. The highest BCUT2D eigenvalue weighted by molar-refractivity contribution is 9.09. The monoisotopic (exact) mass is 190 g/mol. The Kier molecular flexibility index (Phi) is 3.03. The van der Waals surface area contributed by atoms with Gasteiger partial charge in [-0.2, -0.15) is 0 Å². The lowest BCUT2D eigenvalue weighted by atomic mass is 9.84. The number of rotatable bonds is 1. The molecule has 0 unspecified atom stereocenters. The Morgan fingerprint density at radius 1 is 1.44 bits per heavy atom. The van der Waals surface area contributed by atoms with Crippen LogP contribution in [0.3, 0.4) is 0 Å². The van der Waals surface area contributed by atoms with Crippen LogP contribution in [0.15, 0.2) is 0 Å². The molecular weight excluding hydrogens is 176 g/mol. The fourth-order valence-corrected chi connectivity index (χ4v) is 2.29. The largest absolute Gasteiger partial charge is 0.0925 e. The molecule has 0 heterocycles. The molecule has 1 saturated carbocycles. The van der Waals surface area contributed by atoms with E-state index in [2.05, 4.69) is 22.9 Å². The first kappa shape index (κ1) is 7.59. The van der Waals surface area contributed by atoms with Crippen LogP contribution in [0, 0.1) is 11.8 Å². The summed E-state index contributed by atoms with van der Waals surface area (Å²) in [5.74, 6) is 1.97. The lowest BCUT2D eigenvalue weighted by molar-refractivity contribution is 0.306. The van der Waals surface area contributed by atoms with E-state index in [1.54, 1.807) is 0 Å². The predicted octanol–water partition coefficient (Wildman–Crippen LogP) is 3.21. The van der Waals surface area contributed by atoms with E-state index in [9.17, 15) is 0 Å². The second-order valence-electron chi connectivity index (χ2n) is 3.29. The topological polar surface area (TPSA) is 0 Å². The third-order valence-corrected chi connectivity index (χ3v) is 3.18. The maximum absolute atomic E-state index is 3.54. The van der Waals surface area contributed by atoms with Crippen LogP contribution < -0.4 is 0 Å². The Bertz CT molecular complexity index is 80.6. The van der Waals surface area contributed by atoms with Gasteiger partial charge in [-0.05, 0) is 24.7 Å². The van der Waals surface area contributed by atoms with Gasteiger partial charge in [0.25, 0.3) is 0 Å². The first-order valence-electron chi connectivity index (χ1n) is 3.89. The SMILES string of the molecule is C[C@@H]1CCC[C@@H](CBr)C1. The van der Waals surface area contributed by atoms with Gasteiger partial charge in [-0.25, -0.2) is 0 Å². The van der Waals surface area contributed by atoms with E-state index >= 15 is 0 Å². The summed E-state index contributed by atoms with van der Waals surface area (Å²) in [7, 11) is 0. The van der Waals surface area contributed by atoms with E-state index in [1.807, 2.05) is 0 Å². The van der Waals surface area contributed by atoms with Crippen LogP contribution in [0.5, 0.6) is 0 Å². The molecule has 0 radical (unpaired) electrons. The summed E-state index contributed by atoms with van der Waals surface area (Å²) in [5.41, 5.74) is 0. The molecule has 0 amide bonds. The molecule has 1 aliphatic carbocycles. The van der Waals surface area contributed by atoms with E-state index in [0.29, 0.717) is 0 Å². The first-order chi connectivity index (χ1) is 4.33. The van der Waals surface area contributed by atoms with Crippen molar-refractivity contribution in [3.63, 3.8) is 0 Å². The van der Waals surface area contributed by atoms with Gasteiger partial charge in [0.05, 0.1) is 0 Å². The van der Waals surface area contributed by atoms with Gasteiger partial charge in [0.1, 0.15) is 0 Å². The lowest BCUT2D eigenvalue weighted by Crippen LogP contribution is -2.13. The molecular formula is C8H15Br. The molecule has 2 atom stereocenters. The van der Waals surface area contributed by atoms with Gasteiger partial charge in [0.15, 0.2) is 0 Å². The molecule has 0 spiro atoms. The zero-order valence-corrected chi connectivity index (χ0v) is 7.65. The molecule has 0 bridgehead atoms. The smallest absolute Gasteiger partial charge is 0.00597 e. The molecule has 1 aliphatic rings. The number of hydrogen-bond acceptors (Lipinski definition) is 0. The maximum atomic E-state index is 3.54. The normalized spacial score (nSPS) is 36.7. The van der Waals surface area contributed by atoms with Gasteiger partial charge < -0.3 is 0 Å². The first-order valence-corrected chi connectivity index (χ1v) is 5.01. The van der Waals surface area contributed by atoms with Crippen LogP contribution in [0.2, 0.25) is 0 Å². The maximum Gasteiger partial charge on any atom is 0.00597 e. The van der Waals surface area contributed by atoms with E-state index < -0.39 is 0 Å². The molecule has 0 aromatic heterocycles. The summed E-state index contributed by atoms with van der Waals surface area (Å²) in [6.07, 6.45) is 5.82. The Labute approximate surface area is 66.2 Å². The van der Waals surface area contributed by atoms with Crippen LogP contribution in [-0.4, -0.2) is 5.33 Å². The van der Waals surface area contributed by atoms with Crippen molar-refractivity contribution in [3.05, 3.63) is 0 Å². The molecule has 1 heteroatoms. The van der Waals surface area contributed by atoms with Crippen LogP contribution >= 0.6 is 15.9 Å². The minimum absolute atomic E-state index is 0.980. The van der Waals surface area contributed by atoms with E-state index in [1.165, 1.54) is 31.0 Å². The molecule has 1 rings (SSSR count). The lowest BCUT2D eigenvalue weighted by Gasteiger charge is -2.24. The van der Waals surface area contributed by atoms with Gasteiger partial charge in [0.2, 0.25) is 0 Å². The highest BCUT2D eigenvalue weighted by Crippen LogP contribution is 2.29. The Hall–Kier alpha value is 0.480. The predicted molar refractivity (Wildman–Crippen MR) is 44.9 cm³/mol. The third-order valence-electron chi connectivity index (χ3n) is 2.26. The molecule has 0 nitrogen and oxygen atoms in total. The van der Waals surface area contributed by atoms with Crippen LogP contribution in [0.4, 0.5) is 0 Å². The summed E-state index contributed by atoms with van der Waals surface area (Å²) in [6, 6.07) is 0. The average Bonchev–Trinajstić information content (AvgIpc) is 1.88. The summed E-state index contributed by atoms with van der Waals surface area (Å²) in [4.78, 5) is 0. The van der Waals surface area contributed by atoms with Crippen molar-refractivity contribution >= 4 is 15.9 Å². The molecule has 0 aliphatic heterocycles. The Morgan fingerprint density at radius 3 is 2.67 bits per heavy atom.